The average molecular weight is 187 g/mol. The van der Waals surface area contributed by atoms with Crippen LogP contribution in [-0.4, -0.2) is 0 Å². The maximum atomic E-state index is 2.34. The van der Waals surface area contributed by atoms with Crippen LogP contribution in [0, 0.1) is 6.42 Å². The Morgan fingerprint density at radius 1 is 0.500 bits per heavy atom. The first-order valence-corrected chi connectivity index (χ1v) is 5.43. The summed E-state index contributed by atoms with van der Waals surface area (Å²) in [6.07, 6.45) is 25.5. The third-order valence-electron chi connectivity index (χ3n) is 2.10. The van der Waals surface area contributed by atoms with Crippen molar-refractivity contribution >= 4 is 0 Å². The zero-order valence-electron chi connectivity index (χ0n) is 8.73. The molecular weight excluding hydrogens is 168 g/mol. The van der Waals surface area contributed by atoms with Gasteiger partial charge in [-0.15, -0.1) is 0 Å². The highest BCUT2D eigenvalue weighted by molar-refractivity contribution is 5.07. The zero-order chi connectivity index (χ0) is 9.90. The van der Waals surface area contributed by atoms with Crippen LogP contribution >= 0.6 is 0 Å². The van der Waals surface area contributed by atoms with Crippen molar-refractivity contribution < 1.29 is 0 Å². The van der Waals surface area contributed by atoms with Gasteiger partial charge in [0.15, 0.2) is 0 Å². The van der Waals surface area contributed by atoms with Gasteiger partial charge in [0.2, 0.25) is 0 Å². The van der Waals surface area contributed by atoms with Gasteiger partial charge in [0, 0.05) is 0 Å². The van der Waals surface area contributed by atoms with Crippen molar-refractivity contribution in [2.45, 2.75) is 32.1 Å². The van der Waals surface area contributed by atoms with E-state index in [-0.39, 0.29) is 0 Å². The normalized spacial score (nSPS) is 28.6. The summed E-state index contributed by atoms with van der Waals surface area (Å²) in [4.78, 5) is 0. The second-order valence-electron chi connectivity index (χ2n) is 3.37. The zero-order valence-corrected chi connectivity index (χ0v) is 8.73. The van der Waals surface area contributed by atoms with Crippen LogP contribution in [-0.2, 0) is 0 Å². The molecule has 0 N–H and O–H groups in total. The first-order chi connectivity index (χ1) is 7.00. The predicted molar refractivity (Wildman–Crippen MR) is 63.9 cm³/mol. The summed E-state index contributed by atoms with van der Waals surface area (Å²) < 4.78 is 0. The van der Waals surface area contributed by atoms with E-state index in [0.717, 1.165) is 19.3 Å². The quantitative estimate of drug-likeness (QED) is 0.494. The molecule has 0 amide bonds. The smallest absolute Gasteiger partial charge is 0.0166 e. The molecule has 0 nitrogen and oxygen atoms in total. The summed E-state index contributed by atoms with van der Waals surface area (Å²) in [7, 11) is 0. The van der Waals surface area contributed by atoms with Crippen molar-refractivity contribution in [2.24, 2.45) is 0 Å². The Morgan fingerprint density at radius 2 is 1.14 bits per heavy atom. The van der Waals surface area contributed by atoms with Gasteiger partial charge in [-0.05, 0) is 38.5 Å². The predicted octanol–water partition coefficient (Wildman–Crippen LogP) is 4.38. The van der Waals surface area contributed by atoms with E-state index in [1.165, 1.54) is 12.8 Å². The van der Waals surface area contributed by atoms with E-state index in [9.17, 15) is 0 Å². The van der Waals surface area contributed by atoms with Crippen LogP contribution in [0.4, 0.5) is 0 Å². The third-order valence-corrected chi connectivity index (χ3v) is 2.10. The van der Waals surface area contributed by atoms with Gasteiger partial charge in [-0.3, -0.25) is 0 Å². The highest BCUT2D eigenvalue weighted by atomic mass is 13.9. The molecule has 1 aliphatic rings. The van der Waals surface area contributed by atoms with Crippen molar-refractivity contribution in [1.82, 2.24) is 0 Å². The first-order valence-electron chi connectivity index (χ1n) is 5.43. The number of hydrogen-bond acceptors (Lipinski definition) is 0. The van der Waals surface area contributed by atoms with E-state index in [1.54, 1.807) is 0 Å². The topological polar surface area (TPSA) is 0 Å². The van der Waals surface area contributed by atoms with E-state index < -0.39 is 0 Å². The molecule has 0 fully saturated rings. The lowest BCUT2D eigenvalue weighted by atomic mass is 10.1. The van der Waals surface area contributed by atoms with Crippen LogP contribution in [0.3, 0.4) is 0 Å². The largest absolute Gasteiger partial charge is 0.0882 e. The fourth-order valence-corrected chi connectivity index (χ4v) is 1.31. The van der Waals surface area contributed by atoms with Crippen LogP contribution < -0.4 is 0 Å². The average Bonchev–Trinajstić information content (AvgIpc) is 2.22. The molecule has 1 aliphatic carbocycles. The lowest BCUT2D eigenvalue weighted by Gasteiger charge is -1.93. The maximum absolute atomic E-state index is 2.34. The molecule has 0 saturated heterocycles. The minimum Gasteiger partial charge on any atom is -0.0882 e. The summed E-state index contributed by atoms with van der Waals surface area (Å²) in [5.74, 6) is 0. The van der Waals surface area contributed by atoms with Crippen LogP contribution in [0.25, 0.3) is 0 Å². The molecule has 0 aliphatic heterocycles. The monoisotopic (exact) mass is 187 g/mol. The second-order valence-corrected chi connectivity index (χ2v) is 3.37. The molecule has 0 aromatic rings. The maximum Gasteiger partial charge on any atom is -0.0166 e. The molecule has 0 unspecified atom stereocenters. The summed E-state index contributed by atoms with van der Waals surface area (Å²) in [6.45, 7) is 0. The highest BCUT2D eigenvalue weighted by Gasteiger charge is 1.83. The van der Waals surface area contributed by atoms with Crippen molar-refractivity contribution in [2.75, 3.05) is 0 Å². The molecule has 0 aromatic heterocycles. The van der Waals surface area contributed by atoms with E-state index in [2.05, 4.69) is 55.0 Å². The van der Waals surface area contributed by atoms with Gasteiger partial charge in [0.05, 0.1) is 0 Å². The van der Waals surface area contributed by atoms with Gasteiger partial charge in [0.25, 0.3) is 0 Å². The molecular formula is C14H19. The van der Waals surface area contributed by atoms with E-state index in [1.807, 2.05) is 0 Å². The van der Waals surface area contributed by atoms with Gasteiger partial charge < -0.3 is 0 Å². The van der Waals surface area contributed by atoms with Crippen molar-refractivity contribution in [3.63, 3.8) is 0 Å². The molecule has 0 spiro atoms. The Kier molecular flexibility index (Phi) is 6.74. The van der Waals surface area contributed by atoms with Crippen molar-refractivity contribution in [3.8, 4) is 0 Å². The Balaban J connectivity index is 2.35. The van der Waals surface area contributed by atoms with Gasteiger partial charge >= 0.3 is 0 Å². The van der Waals surface area contributed by atoms with Gasteiger partial charge in [-0.2, -0.15) is 0 Å². The van der Waals surface area contributed by atoms with Crippen LogP contribution in [0.15, 0.2) is 48.6 Å². The minimum atomic E-state index is 1.05. The number of hydrogen-bond donors (Lipinski definition) is 0. The SMILES string of the molecule is [CH]1C/C=C\C/C=C/C=C/C/C=C\CC1. The Labute approximate surface area is 87.7 Å². The Morgan fingerprint density at radius 3 is 1.93 bits per heavy atom. The minimum absolute atomic E-state index is 1.05. The molecule has 0 heterocycles. The number of allylic oxidation sites excluding steroid dienone is 8. The fraction of sp³-hybridized carbons (Fsp3) is 0.357. The molecule has 0 atom stereocenters. The summed E-state index contributed by atoms with van der Waals surface area (Å²) in [6, 6.07) is 0. The van der Waals surface area contributed by atoms with Gasteiger partial charge in [-0.1, -0.05) is 48.6 Å². The molecule has 1 radical (unpaired) electrons. The highest BCUT2D eigenvalue weighted by Crippen LogP contribution is 2.02. The fourth-order valence-electron chi connectivity index (χ4n) is 1.31. The summed E-state index contributed by atoms with van der Waals surface area (Å²) in [5.41, 5.74) is 0. The van der Waals surface area contributed by atoms with Crippen LogP contribution in [0.5, 0.6) is 0 Å². The lowest BCUT2D eigenvalue weighted by Crippen LogP contribution is -1.74. The molecule has 1 rings (SSSR count). The van der Waals surface area contributed by atoms with E-state index >= 15 is 0 Å². The summed E-state index contributed by atoms with van der Waals surface area (Å²) >= 11 is 0. The second kappa shape index (κ2) is 8.55. The lowest BCUT2D eigenvalue weighted by molar-refractivity contribution is 0.929. The van der Waals surface area contributed by atoms with Crippen LogP contribution in [0.2, 0.25) is 0 Å². The Bertz CT molecular complexity index is 202. The van der Waals surface area contributed by atoms with E-state index in [0.29, 0.717) is 0 Å². The Hall–Kier alpha value is -1.04. The van der Waals surface area contributed by atoms with Gasteiger partial charge in [-0.25, -0.2) is 0 Å². The van der Waals surface area contributed by atoms with Gasteiger partial charge in [0.1, 0.15) is 0 Å². The standard InChI is InChI=1S/C14H19/c1-2-4-6-8-10-12-14-13-11-9-7-5-3-1/h1-4,7-10,13H,5-6,11-12,14H2/b3-1+,4-2+,9-7-,10-8-. The molecule has 75 valence electrons. The summed E-state index contributed by atoms with van der Waals surface area (Å²) in [5, 5.41) is 0. The molecule has 0 heteroatoms. The molecule has 0 bridgehead atoms. The van der Waals surface area contributed by atoms with Crippen LogP contribution in [0.1, 0.15) is 32.1 Å². The molecule has 0 saturated carbocycles. The van der Waals surface area contributed by atoms with Crippen molar-refractivity contribution in [3.05, 3.63) is 55.0 Å². The van der Waals surface area contributed by atoms with Crippen molar-refractivity contribution in [1.29, 1.82) is 0 Å². The van der Waals surface area contributed by atoms with E-state index in [4.69, 9.17) is 0 Å². The number of rotatable bonds is 0. The molecule has 14 heavy (non-hydrogen) atoms. The first kappa shape index (κ1) is 11.0. The third kappa shape index (κ3) is 6.47. The molecule has 0 aromatic carbocycles.